The summed E-state index contributed by atoms with van der Waals surface area (Å²) in [5, 5.41) is 0.757. The Kier molecular flexibility index (Phi) is 8.58. The van der Waals surface area contributed by atoms with Gasteiger partial charge in [0, 0.05) is 76.5 Å². The number of ether oxygens (including phenoxy) is 1. The molecule has 3 aromatic rings. The predicted molar refractivity (Wildman–Crippen MR) is 148 cm³/mol. The zero-order valence-electron chi connectivity index (χ0n) is 21.4. The first-order valence-electron chi connectivity index (χ1n) is 13.0. The Morgan fingerprint density at radius 1 is 0.868 bits per heavy atom. The van der Waals surface area contributed by atoms with Gasteiger partial charge in [0.1, 0.15) is 5.75 Å². The maximum absolute atomic E-state index is 12.6. The van der Waals surface area contributed by atoms with Crippen LogP contribution in [0.5, 0.6) is 5.75 Å². The fourth-order valence-corrected chi connectivity index (χ4v) is 4.95. The van der Waals surface area contributed by atoms with Crippen molar-refractivity contribution < 1.29 is 9.53 Å². The van der Waals surface area contributed by atoms with E-state index in [1.165, 1.54) is 5.56 Å². The van der Waals surface area contributed by atoms with Gasteiger partial charge in [-0.15, -0.1) is 0 Å². The smallest absolute Gasteiger partial charge is 0.260 e. The van der Waals surface area contributed by atoms with E-state index < -0.39 is 0 Å². The standard InChI is InChI=1S/C28H33ClN6O3/c29-23-8-6-22(7-9-23)19-32-10-12-33(13-11-32)20-24-18-26(36)31-28(30-24)35-16-14-34(15-17-35)27(37)21-38-25-4-2-1-3-5-25/h1-9,18H,10-17,19-21H2,(H,30,31,36). The van der Waals surface area contributed by atoms with Crippen molar-refractivity contribution in [3.05, 3.63) is 87.3 Å². The fraction of sp³-hybridized carbons (Fsp3) is 0.393. The molecule has 0 radical (unpaired) electrons. The largest absolute Gasteiger partial charge is 0.484 e. The summed E-state index contributed by atoms with van der Waals surface area (Å²) in [4.78, 5) is 41.3. The number of nitrogens with zero attached hydrogens (tertiary/aromatic N) is 5. The van der Waals surface area contributed by atoms with E-state index in [-0.39, 0.29) is 18.1 Å². The van der Waals surface area contributed by atoms with E-state index in [1.807, 2.05) is 47.4 Å². The van der Waals surface area contributed by atoms with Crippen molar-refractivity contribution in [1.29, 1.82) is 0 Å². The highest BCUT2D eigenvalue weighted by Crippen LogP contribution is 2.15. The summed E-state index contributed by atoms with van der Waals surface area (Å²) >= 11 is 6.00. The Balaban J connectivity index is 1.10. The first-order chi connectivity index (χ1) is 18.5. The molecule has 2 saturated heterocycles. The second-order valence-electron chi connectivity index (χ2n) is 9.71. The minimum atomic E-state index is -0.152. The molecule has 0 unspecified atom stereocenters. The van der Waals surface area contributed by atoms with Crippen LogP contribution in [0.4, 0.5) is 5.95 Å². The summed E-state index contributed by atoms with van der Waals surface area (Å²) in [5.41, 5.74) is 1.88. The Morgan fingerprint density at radius 2 is 1.53 bits per heavy atom. The highest BCUT2D eigenvalue weighted by Gasteiger charge is 2.24. The molecule has 200 valence electrons. The molecular formula is C28H33ClN6O3. The minimum Gasteiger partial charge on any atom is -0.484 e. The number of para-hydroxylation sites is 1. The number of carbonyl (C=O) groups is 1. The molecule has 0 aliphatic carbocycles. The summed E-state index contributed by atoms with van der Waals surface area (Å²) in [7, 11) is 0. The van der Waals surface area contributed by atoms with Crippen molar-refractivity contribution in [2.45, 2.75) is 13.1 Å². The maximum atomic E-state index is 12.6. The topological polar surface area (TPSA) is 85.0 Å². The van der Waals surface area contributed by atoms with Crippen molar-refractivity contribution in [2.75, 3.05) is 63.9 Å². The molecule has 3 heterocycles. The fourth-order valence-electron chi connectivity index (χ4n) is 4.83. The summed E-state index contributed by atoms with van der Waals surface area (Å²) in [6.07, 6.45) is 0. The monoisotopic (exact) mass is 536 g/mol. The van der Waals surface area contributed by atoms with Gasteiger partial charge in [-0.1, -0.05) is 41.9 Å². The molecule has 9 nitrogen and oxygen atoms in total. The van der Waals surface area contributed by atoms with Crippen LogP contribution < -0.4 is 15.2 Å². The summed E-state index contributed by atoms with van der Waals surface area (Å²) < 4.78 is 5.60. The number of aromatic amines is 1. The van der Waals surface area contributed by atoms with Crippen LogP contribution in [0.3, 0.4) is 0 Å². The second-order valence-corrected chi connectivity index (χ2v) is 10.1. The van der Waals surface area contributed by atoms with Gasteiger partial charge < -0.3 is 14.5 Å². The molecule has 1 amide bonds. The van der Waals surface area contributed by atoms with Gasteiger partial charge >= 0.3 is 0 Å². The maximum Gasteiger partial charge on any atom is 0.260 e. The van der Waals surface area contributed by atoms with Gasteiger partial charge in [-0.2, -0.15) is 0 Å². The van der Waals surface area contributed by atoms with Gasteiger partial charge in [0.2, 0.25) is 5.95 Å². The van der Waals surface area contributed by atoms with Crippen molar-refractivity contribution in [3.8, 4) is 5.75 Å². The Labute approximate surface area is 227 Å². The van der Waals surface area contributed by atoms with Gasteiger partial charge in [0.25, 0.3) is 11.5 Å². The number of rotatable bonds is 8. The number of hydrogen-bond donors (Lipinski definition) is 1. The van der Waals surface area contributed by atoms with Gasteiger partial charge in [-0.05, 0) is 29.8 Å². The number of aromatic nitrogens is 2. The Morgan fingerprint density at radius 3 is 2.21 bits per heavy atom. The lowest BCUT2D eigenvalue weighted by atomic mass is 10.2. The zero-order chi connectivity index (χ0) is 26.3. The van der Waals surface area contributed by atoms with Crippen LogP contribution in [0.15, 0.2) is 65.5 Å². The lowest BCUT2D eigenvalue weighted by Crippen LogP contribution is -2.50. The lowest BCUT2D eigenvalue weighted by molar-refractivity contribution is -0.133. The van der Waals surface area contributed by atoms with Crippen molar-refractivity contribution in [1.82, 2.24) is 24.7 Å². The van der Waals surface area contributed by atoms with Crippen LogP contribution >= 0.6 is 11.6 Å². The van der Waals surface area contributed by atoms with E-state index in [4.69, 9.17) is 21.3 Å². The number of H-pyrrole nitrogens is 1. The first kappa shape index (κ1) is 26.2. The average molecular weight is 537 g/mol. The molecule has 0 atom stereocenters. The van der Waals surface area contributed by atoms with E-state index in [0.29, 0.717) is 44.4 Å². The first-order valence-corrected chi connectivity index (χ1v) is 13.4. The van der Waals surface area contributed by atoms with Gasteiger partial charge in [0.15, 0.2) is 6.61 Å². The molecule has 1 N–H and O–H groups in total. The number of benzene rings is 2. The molecule has 1 aromatic heterocycles. The summed E-state index contributed by atoms with van der Waals surface area (Å²) in [6.45, 7) is 7.65. The molecule has 2 aliphatic rings. The predicted octanol–water partition coefficient (Wildman–Crippen LogP) is 2.47. The van der Waals surface area contributed by atoms with Gasteiger partial charge in [0.05, 0.1) is 5.69 Å². The third kappa shape index (κ3) is 7.12. The molecular weight excluding hydrogens is 504 g/mol. The summed E-state index contributed by atoms with van der Waals surface area (Å²) in [6, 6.07) is 18.9. The van der Waals surface area contributed by atoms with Crippen LogP contribution in [0, 0.1) is 0 Å². The molecule has 38 heavy (non-hydrogen) atoms. The molecule has 0 spiro atoms. The highest BCUT2D eigenvalue weighted by molar-refractivity contribution is 6.30. The van der Waals surface area contributed by atoms with Crippen molar-refractivity contribution >= 4 is 23.5 Å². The number of carbonyl (C=O) groups excluding carboxylic acids is 1. The minimum absolute atomic E-state index is 0.0154. The molecule has 0 saturated carbocycles. The Hall–Kier alpha value is -3.40. The number of halogens is 1. The number of piperazine rings is 2. The molecule has 2 aromatic carbocycles. The van der Waals surface area contributed by atoms with E-state index in [0.717, 1.165) is 43.4 Å². The molecule has 2 fully saturated rings. The van der Waals surface area contributed by atoms with Crippen LogP contribution in [-0.4, -0.2) is 89.5 Å². The highest BCUT2D eigenvalue weighted by atomic mass is 35.5. The van der Waals surface area contributed by atoms with Crippen molar-refractivity contribution in [2.24, 2.45) is 0 Å². The van der Waals surface area contributed by atoms with E-state index >= 15 is 0 Å². The van der Waals surface area contributed by atoms with Crippen LogP contribution in [-0.2, 0) is 17.9 Å². The quantitative estimate of drug-likeness (QED) is 0.473. The second kappa shape index (κ2) is 12.4. The zero-order valence-corrected chi connectivity index (χ0v) is 22.1. The molecule has 0 bridgehead atoms. The third-order valence-electron chi connectivity index (χ3n) is 6.99. The normalized spacial score (nSPS) is 17.0. The van der Waals surface area contributed by atoms with Crippen LogP contribution in [0.25, 0.3) is 0 Å². The van der Waals surface area contributed by atoms with Crippen LogP contribution in [0.1, 0.15) is 11.3 Å². The van der Waals surface area contributed by atoms with Gasteiger partial charge in [-0.25, -0.2) is 4.98 Å². The van der Waals surface area contributed by atoms with E-state index in [9.17, 15) is 9.59 Å². The lowest BCUT2D eigenvalue weighted by Gasteiger charge is -2.36. The number of hydrogen-bond acceptors (Lipinski definition) is 7. The van der Waals surface area contributed by atoms with E-state index in [2.05, 4.69) is 26.9 Å². The summed E-state index contributed by atoms with van der Waals surface area (Å²) in [5.74, 6) is 1.21. The average Bonchev–Trinajstić information content (AvgIpc) is 2.94. The number of nitrogens with one attached hydrogen (secondary N) is 1. The third-order valence-corrected chi connectivity index (χ3v) is 7.24. The van der Waals surface area contributed by atoms with Crippen molar-refractivity contribution in [3.63, 3.8) is 0 Å². The van der Waals surface area contributed by atoms with Crippen LogP contribution in [0.2, 0.25) is 5.02 Å². The number of amides is 1. The molecule has 5 rings (SSSR count). The Bertz CT molecular complexity index is 1250. The molecule has 2 aliphatic heterocycles. The molecule has 10 heteroatoms. The van der Waals surface area contributed by atoms with Gasteiger partial charge in [-0.3, -0.25) is 24.4 Å². The SMILES string of the molecule is O=C(COc1ccccc1)N1CCN(c2nc(CN3CCN(Cc4ccc(Cl)cc4)CC3)cc(=O)[nH]2)CC1. The number of anilines is 1. The van der Waals surface area contributed by atoms with E-state index in [1.54, 1.807) is 11.0 Å².